The Morgan fingerprint density at radius 1 is 1.07 bits per heavy atom. The number of thioether (sulfide) groups is 1. The first kappa shape index (κ1) is 18.7. The second-order valence-electron chi connectivity index (χ2n) is 7.39. The van der Waals surface area contributed by atoms with E-state index in [1.165, 1.54) is 0 Å². The van der Waals surface area contributed by atoms with Gasteiger partial charge in [-0.25, -0.2) is 4.98 Å². The Morgan fingerprint density at radius 2 is 1.90 bits per heavy atom. The number of para-hydroxylation sites is 1. The number of likely N-dealkylation sites (tertiary alicyclic amines) is 1. The summed E-state index contributed by atoms with van der Waals surface area (Å²) in [6.45, 7) is 2.15. The molecular weight excluding hydrogens is 406 g/mol. The normalized spacial score (nSPS) is 17.9. The van der Waals surface area contributed by atoms with Crippen molar-refractivity contribution in [2.45, 2.75) is 18.8 Å². The highest BCUT2D eigenvalue weighted by Crippen LogP contribution is 2.32. The maximum Gasteiger partial charge on any atom is 0.289 e. The summed E-state index contributed by atoms with van der Waals surface area (Å²) >= 11 is 3.34. The van der Waals surface area contributed by atoms with E-state index < -0.39 is 0 Å². The molecule has 2 fully saturated rings. The van der Waals surface area contributed by atoms with E-state index in [2.05, 4.69) is 4.98 Å². The first-order valence-electron chi connectivity index (χ1n) is 9.79. The maximum atomic E-state index is 12.8. The molecule has 29 heavy (non-hydrogen) atoms. The first-order valence-corrected chi connectivity index (χ1v) is 11.8. The van der Waals surface area contributed by atoms with Crippen LogP contribution in [0.1, 0.15) is 44.8 Å². The van der Waals surface area contributed by atoms with Gasteiger partial charge in [0.05, 0.1) is 10.9 Å². The maximum absolute atomic E-state index is 12.8. The number of thiazole rings is 1. The molecule has 150 valence electrons. The van der Waals surface area contributed by atoms with Gasteiger partial charge in [0.15, 0.2) is 5.76 Å². The number of carbonyl (C=O) groups excluding carboxylic acids is 2. The Bertz CT molecular complexity index is 1010. The number of carbonyl (C=O) groups is 2. The summed E-state index contributed by atoms with van der Waals surface area (Å²) < 4.78 is 5.73. The van der Waals surface area contributed by atoms with Crippen molar-refractivity contribution in [1.82, 2.24) is 14.8 Å². The second kappa shape index (κ2) is 7.84. The minimum absolute atomic E-state index is 0.0370. The standard InChI is InChI=1S/C21H21N3O3S2/c25-20(24-9-10-28-13-24)16-12-29-19(22-16)14-5-7-23(8-6-14)21(26)18-11-15-3-1-2-4-17(15)27-18/h1-4,11-12,14H,5-10,13H2. The van der Waals surface area contributed by atoms with Gasteiger partial charge in [-0.15, -0.1) is 23.1 Å². The second-order valence-corrected chi connectivity index (χ2v) is 9.36. The van der Waals surface area contributed by atoms with Crippen molar-refractivity contribution in [2.24, 2.45) is 0 Å². The molecule has 0 aliphatic carbocycles. The zero-order valence-corrected chi connectivity index (χ0v) is 17.5. The van der Waals surface area contributed by atoms with Crippen LogP contribution in [0.25, 0.3) is 11.0 Å². The average molecular weight is 428 g/mol. The monoisotopic (exact) mass is 427 g/mol. The molecule has 0 bridgehead atoms. The molecule has 0 unspecified atom stereocenters. The highest BCUT2D eigenvalue weighted by atomic mass is 32.2. The van der Waals surface area contributed by atoms with Gasteiger partial charge >= 0.3 is 0 Å². The fraction of sp³-hybridized carbons (Fsp3) is 0.381. The molecule has 5 rings (SSSR count). The highest BCUT2D eigenvalue weighted by molar-refractivity contribution is 7.99. The molecule has 2 aliphatic heterocycles. The summed E-state index contributed by atoms with van der Waals surface area (Å²) in [6, 6.07) is 9.48. The van der Waals surface area contributed by atoms with Crippen molar-refractivity contribution < 1.29 is 14.0 Å². The van der Waals surface area contributed by atoms with Gasteiger partial charge in [0, 0.05) is 42.1 Å². The van der Waals surface area contributed by atoms with E-state index in [4.69, 9.17) is 4.42 Å². The molecule has 0 N–H and O–H groups in total. The molecule has 2 amide bonds. The van der Waals surface area contributed by atoms with E-state index in [0.717, 1.165) is 47.0 Å². The van der Waals surface area contributed by atoms with Crippen LogP contribution in [-0.4, -0.2) is 57.9 Å². The van der Waals surface area contributed by atoms with Gasteiger partial charge in [0.25, 0.3) is 11.8 Å². The summed E-state index contributed by atoms with van der Waals surface area (Å²) in [5.74, 6) is 2.44. The van der Waals surface area contributed by atoms with Crippen LogP contribution in [0, 0.1) is 0 Å². The van der Waals surface area contributed by atoms with Gasteiger partial charge in [-0.2, -0.15) is 0 Å². The average Bonchev–Trinajstić information content (AvgIpc) is 3.53. The summed E-state index contributed by atoms with van der Waals surface area (Å²) in [7, 11) is 0. The molecule has 4 heterocycles. The molecule has 0 radical (unpaired) electrons. The van der Waals surface area contributed by atoms with Gasteiger partial charge in [-0.05, 0) is 25.0 Å². The third-order valence-corrected chi connectivity index (χ3v) is 7.52. The molecule has 0 spiro atoms. The van der Waals surface area contributed by atoms with Gasteiger partial charge in [0.2, 0.25) is 0 Å². The quantitative estimate of drug-likeness (QED) is 0.631. The van der Waals surface area contributed by atoms with Crippen LogP contribution in [0.5, 0.6) is 0 Å². The van der Waals surface area contributed by atoms with Gasteiger partial charge < -0.3 is 14.2 Å². The van der Waals surface area contributed by atoms with Crippen molar-refractivity contribution in [3.63, 3.8) is 0 Å². The summed E-state index contributed by atoms with van der Waals surface area (Å²) in [6.07, 6.45) is 1.71. The van der Waals surface area contributed by atoms with Gasteiger partial charge in [0.1, 0.15) is 11.3 Å². The Balaban J connectivity index is 1.22. The summed E-state index contributed by atoms with van der Waals surface area (Å²) in [4.78, 5) is 33.7. The third kappa shape index (κ3) is 3.67. The molecule has 1 aromatic carbocycles. The van der Waals surface area contributed by atoms with E-state index in [-0.39, 0.29) is 11.8 Å². The van der Waals surface area contributed by atoms with Crippen molar-refractivity contribution >= 4 is 45.9 Å². The molecule has 8 heteroatoms. The number of hydrogen-bond donors (Lipinski definition) is 0. The lowest BCUT2D eigenvalue weighted by Crippen LogP contribution is -2.37. The van der Waals surface area contributed by atoms with Gasteiger partial charge in [-0.3, -0.25) is 9.59 Å². The lowest BCUT2D eigenvalue weighted by Gasteiger charge is -2.30. The lowest BCUT2D eigenvalue weighted by molar-refractivity contribution is 0.0683. The zero-order chi connectivity index (χ0) is 19.8. The number of amides is 2. The number of aromatic nitrogens is 1. The minimum atomic E-state index is -0.0545. The molecule has 2 aliphatic rings. The predicted molar refractivity (Wildman–Crippen MR) is 115 cm³/mol. The van der Waals surface area contributed by atoms with Crippen molar-refractivity contribution in [3.05, 3.63) is 52.2 Å². The number of rotatable bonds is 3. The number of furan rings is 1. The minimum Gasteiger partial charge on any atom is -0.451 e. The van der Waals surface area contributed by atoms with Crippen molar-refractivity contribution in [3.8, 4) is 0 Å². The van der Waals surface area contributed by atoms with Crippen LogP contribution < -0.4 is 0 Å². The predicted octanol–water partition coefficient (Wildman–Crippen LogP) is 4.06. The number of nitrogens with zero attached hydrogens (tertiary/aromatic N) is 3. The van der Waals surface area contributed by atoms with E-state index in [1.807, 2.05) is 45.5 Å². The van der Waals surface area contributed by atoms with Crippen molar-refractivity contribution in [1.29, 1.82) is 0 Å². The van der Waals surface area contributed by atoms with Crippen LogP contribution in [0.3, 0.4) is 0 Å². The zero-order valence-electron chi connectivity index (χ0n) is 15.9. The fourth-order valence-electron chi connectivity index (χ4n) is 3.88. The Hall–Kier alpha value is -2.32. The number of hydrogen-bond acceptors (Lipinski definition) is 6. The topological polar surface area (TPSA) is 66.7 Å². The fourth-order valence-corrected chi connectivity index (χ4v) is 5.79. The molecular formula is C21H21N3O3S2. The SMILES string of the molecule is O=C(c1csc(C2CCN(C(=O)c3cc4ccccc4o3)CC2)n1)N1CCSC1. The van der Waals surface area contributed by atoms with E-state index in [0.29, 0.717) is 30.5 Å². The summed E-state index contributed by atoms with van der Waals surface area (Å²) in [5, 5.41) is 3.84. The van der Waals surface area contributed by atoms with Crippen molar-refractivity contribution in [2.75, 3.05) is 31.3 Å². The molecule has 2 saturated heterocycles. The smallest absolute Gasteiger partial charge is 0.289 e. The molecule has 2 aromatic heterocycles. The first-order chi connectivity index (χ1) is 14.2. The number of fused-ring (bicyclic) bond motifs is 1. The largest absolute Gasteiger partial charge is 0.451 e. The number of benzene rings is 1. The van der Waals surface area contributed by atoms with Crippen LogP contribution in [0.15, 0.2) is 40.1 Å². The lowest BCUT2D eigenvalue weighted by atomic mass is 9.97. The van der Waals surface area contributed by atoms with E-state index in [1.54, 1.807) is 23.1 Å². The molecule has 0 atom stereocenters. The number of piperidine rings is 1. The summed E-state index contributed by atoms with van der Waals surface area (Å²) in [5.41, 5.74) is 1.30. The molecule has 0 saturated carbocycles. The van der Waals surface area contributed by atoms with E-state index in [9.17, 15) is 9.59 Å². The molecule has 3 aromatic rings. The Labute approximate surface area is 176 Å². The molecule has 6 nitrogen and oxygen atoms in total. The van der Waals surface area contributed by atoms with Gasteiger partial charge in [-0.1, -0.05) is 18.2 Å². The highest BCUT2D eigenvalue weighted by Gasteiger charge is 2.29. The van der Waals surface area contributed by atoms with Crippen LogP contribution >= 0.6 is 23.1 Å². The Kier molecular flexibility index (Phi) is 5.05. The third-order valence-electron chi connectivity index (χ3n) is 5.55. The van der Waals surface area contributed by atoms with Crippen LogP contribution in [0.4, 0.5) is 0 Å². The van der Waals surface area contributed by atoms with Crippen LogP contribution in [-0.2, 0) is 0 Å². The van der Waals surface area contributed by atoms with Crippen LogP contribution in [0.2, 0.25) is 0 Å². The Morgan fingerprint density at radius 3 is 2.66 bits per heavy atom. The van der Waals surface area contributed by atoms with E-state index >= 15 is 0 Å².